The molecule has 0 saturated heterocycles. The van der Waals surface area contributed by atoms with Crippen LogP contribution in [0.25, 0.3) is 21.8 Å². The quantitative estimate of drug-likeness (QED) is 0.714. The van der Waals surface area contributed by atoms with Gasteiger partial charge in [0.1, 0.15) is 5.75 Å². The van der Waals surface area contributed by atoms with Crippen molar-refractivity contribution in [3.8, 4) is 5.75 Å². The van der Waals surface area contributed by atoms with Crippen LogP contribution in [0.5, 0.6) is 5.75 Å². The van der Waals surface area contributed by atoms with Gasteiger partial charge in [0.15, 0.2) is 0 Å². The van der Waals surface area contributed by atoms with Crippen LogP contribution in [0.15, 0.2) is 28.9 Å². The molecule has 1 atom stereocenters. The highest BCUT2D eigenvalue weighted by atomic mass is 79.9. The summed E-state index contributed by atoms with van der Waals surface area (Å²) in [4.78, 5) is 10.3. The number of aromatic amines is 1. The fourth-order valence-electron chi connectivity index (χ4n) is 2.77. The number of aromatic nitrogens is 2. The van der Waals surface area contributed by atoms with E-state index < -0.39 is 0 Å². The van der Waals surface area contributed by atoms with Crippen molar-refractivity contribution in [3.05, 3.63) is 34.6 Å². The van der Waals surface area contributed by atoms with Crippen molar-refractivity contribution in [1.29, 1.82) is 0 Å². The second-order valence-electron chi connectivity index (χ2n) is 5.50. The third kappa shape index (κ3) is 2.49. The normalized spacial score (nSPS) is 13.3. The highest BCUT2D eigenvalue weighted by molar-refractivity contribution is 9.10. The van der Waals surface area contributed by atoms with Gasteiger partial charge in [-0.15, -0.1) is 0 Å². The number of pyridine rings is 1. The Morgan fingerprint density at radius 1 is 1.36 bits per heavy atom. The Morgan fingerprint density at radius 3 is 2.82 bits per heavy atom. The molecular weight excluding hydrogens is 362 g/mol. The van der Waals surface area contributed by atoms with Crippen molar-refractivity contribution in [2.75, 3.05) is 26.1 Å². The van der Waals surface area contributed by atoms with Gasteiger partial charge in [-0.05, 0) is 54.5 Å². The summed E-state index contributed by atoms with van der Waals surface area (Å²) in [5.74, 6) is 1.22. The van der Waals surface area contributed by atoms with E-state index in [1.165, 1.54) is 0 Å². The Bertz CT molecular complexity index is 831. The van der Waals surface area contributed by atoms with Crippen LogP contribution in [0.4, 0.5) is 0 Å². The molecule has 6 heteroatoms. The molecule has 4 nitrogen and oxygen atoms in total. The van der Waals surface area contributed by atoms with E-state index in [0.29, 0.717) is 0 Å². The van der Waals surface area contributed by atoms with Crippen molar-refractivity contribution in [2.45, 2.75) is 6.04 Å². The fourth-order valence-corrected chi connectivity index (χ4v) is 4.10. The summed E-state index contributed by atoms with van der Waals surface area (Å²) in [6.07, 6.45) is 3.95. The summed E-state index contributed by atoms with van der Waals surface area (Å²) in [6, 6.07) is 5.82. The van der Waals surface area contributed by atoms with Crippen LogP contribution < -0.4 is 0 Å². The first-order valence-corrected chi connectivity index (χ1v) is 9.16. The molecule has 0 aliphatic carbocycles. The molecule has 0 spiro atoms. The number of fused-ring (bicyclic) bond motifs is 3. The summed E-state index contributed by atoms with van der Waals surface area (Å²) >= 11 is 5.31. The smallest absolute Gasteiger partial charge is 0.130 e. The lowest BCUT2D eigenvalue weighted by molar-refractivity contribution is 0.322. The van der Waals surface area contributed by atoms with E-state index in [9.17, 15) is 5.11 Å². The molecular formula is C16H18BrN3OS. The number of halogens is 1. The minimum atomic E-state index is 0.235. The predicted octanol–water partition coefficient (Wildman–Crippen LogP) is 4.15. The molecule has 2 aromatic heterocycles. The molecule has 0 aliphatic rings. The molecule has 0 amide bonds. The average Bonchev–Trinajstić information content (AvgIpc) is 2.87. The molecule has 0 unspecified atom stereocenters. The molecule has 0 saturated carbocycles. The Balaban J connectivity index is 2.32. The number of nitrogens with zero attached hydrogens (tertiary/aromatic N) is 2. The lowest BCUT2D eigenvalue weighted by Crippen LogP contribution is -2.23. The summed E-state index contributed by atoms with van der Waals surface area (Å²) in [6.45, 7) is 0. The third-order valence-electron chi connectivity index (χ3n) is 3.89. The van der Waals surface area contributed by atoms with E-state index in [1.54, 1.807) is 6.07 Å². The number of rotatable bonds is 4. The SMILES string of the molecule is CSC[C@H](c1nccc2c1[nH]c1ccc(O)c(Br)c12)N(C)C. The molecule has 1 aromatic carbocycles. The van der Waals surface area contributed by atoms with Crippen LogP contribution in [0, 0.1) is 0 Å². The van der Waals surface area contributed by atoms with Crippen molar-refractivity contribution in [2.24, 2.45) is 0 Å². The maximum absolute atomic E-state index is 9.96. The molecule has 0 bridgehead atoms. The van der Waals surface area contributed by atoms with Gasteiger partial charge in [-0.2, -0.15) is 11.8 Å². The van der Waals surface area contributed by atoms with E-state index in [1.807, 2.05) is 30.1 Å². The lowest BCUT2D eigenvalue weighted by Gasteiger charge is -2.23. The predicted molar refractivity (Wildman–Crippen MR) is 97.8 cm³/mol. The molecule has 0 radical (unpaired) electrons. The summed E-state index contributed by atoms with van der Waals surface area (Å²) in [5.41, 5.74) is 3.08. The van der Waals surface area contributed by atoms with Gasteiger partial charge in [0.05, 0.1) is 21.7 Å². The topological polar surface area (TPSA) is 52.1 Å². The van der Waals surface area contributed by atoms with E-state index in [0.717, 1.165) is 37.7 Å². The number of thioether (sulfide) groups is 1. The van der Waals surface area contributed by atoms with Crippen LogP contribution in [0.3, 0.4) is 0 Å². The zero-order valence-electron chi connectivity index (χ0n) is 12.7. The van der Waals surface area contributed by atoms with Crippen LogP contribution in [-0.2, 0) is 0 Å². The van der Waals surface area contributed by atoms with Gasteiger partial charge >= 0.3 is 0 Å². The van der Waals surface area contributed by atoms with Gasteiger partial charge in [0.25, 0.3) is 0 Å². The molecule has 3 rings (SSSR count). The molecule has 0 fully saturated rings. The summed E-state index contributed by atoms with van der Waals surface area (Å²) in [7, 11) is 4.15. The van der Waals surface area contributed by atoms with Gasteiger partial charge in [0, 0.05) is 28.2 Å². The largest absolute Gasteiger partial charge is 0.507 e. The maximum Gasteiger partial charge on any atom is 0.130 e. The van der Waals surface area contributed by atoms with Crippen LogP contribution in [0.1, 0.15) is 11.7 Å². The van der Waals surface area contributed by atoms with Crippen LogP contribution >= 0.6 is 27.7 Å². The highest BCUT2D eigenvalue weighted by Crippen LogP contribution is 2.39. The van der Waals surface area contributed by atoms with Gasteiger partial charge in [-0.1, -0.05) is 0 Å². The number of nitrogens with one attached hydrogen (secondary N) is 1. The van der Waals surface area contributed by atoms with Crippen molar-refractivity contribution in [1.82, 2.24) is 14.9 Å². The number of H-pyrrole nitrogens is 1. The minimum Gasteiger partial charge on any atom is -0.507 e. The molecule has 116 valence electrons. The monoisotopic (exact) mass is 379 g/mol. The second-order valence-corrected chi connectivity index (χ2v) is 7.20. The first kappa shape index (κ1) is 15.6. The van der Waals surface area contributed by atoms with Crippen molar-refractivity contribution in [3.63, 3.8) is 0 Å². The average molecular weight is 380 g/mol. The van der Waals surface area contributed by atoms with Crippen molar-refractivity contribution < 1.29 is 5.11 Å². The molecule has 22 heavy (non-hydrogen) atoms. The van der Waals surface area contributed by atoms with Crippen LogP contribution in [0.2, 0.25) is 0 Å². The number of hydrogen-bond acceptors (Lipinski definition) is 4. The Morgan fingerprint density at radius 2 is 2.14 bits per heavy atom. The molecule has 3 aromatic rings. The zero-order chi connectivity index (χ0) is 15.9. The Labute approximate surface area is 142 Å². The van der Waals surface area contributed by atoms with Gasteiger partial charge < -0.3 is 15.0 Å². The van der Waals surface area contributed by atoms with E-state index >= 15 is 0 Å². The van der Waals surface area contributed by atoms with Crippen LogP contribution in [-0.4, -0.2) is 46.1 Å². The number of phenolic OH excluding ortho intramolecular Hbond substituents is 1. The van der Waals surface area contributed by atoms with E-state index in [2.05, 4.69) is 51.1 Å². The minimum absolute atomic E-state index is 0.235. The molecule has 0 aliphatic heterocycles. The standard InChI is InChI=1S/C16H18BrN3OS/c1-20(2)11(8-22-3)16-15-9(6-7-18-16)13-10(19-15)4-5-12(21)14(13)17/h4-7,11,19,21H,8H2,1-3H3/t11-/m1/s1. The molecule has 2 heterocycles. The lowest BCUT2D eigenvalue weighted by atomic mass is 10.1. The highest BCUT2D eigenvalue weighted by Gasteiger charge is 2.21. The summed E-state index contributed by atoms with van der Waals surface area (Å²) in [5, 5.41) is 12.0. The summed E-state index contributed by atoms with van der Waals surface area (Å²) < 4.78 is 0.722. The Kier molecular flexibility index (Phi) is 4.34. The first-order chi connectivity index (χ1) is 10.5. The molecule has 2 N–H and O–H groups in total. The Hall–Kier alpha value is -1.24. The number of phenols is 1. The van der Waals surface area contributed by atoms with E-state index in [-0.39, 0.29) is 11.8 Å². The fraction of sp³-hybridized carbons (Fsp3) is 0.312. The van der Waals surface area contributed by atoms with Gasteiger partial charge in [-0.3, -0.25) is 4.98 Å². The van der Waals surface area contributed by atoms with E-state index in [4.69, 9.17) is 0 Å². The number of hydrogen-bond donors (Lipinski definition) is 2. The first-order valence-electron chi connectivity index (χ1n) is 6.97. The number of benzene rings is 1. The second kappa shape index (κ2) is 6.10. The van der Waals surface area contributed by atoms with Gasteiger partial charge in [0.2, 0.25) is 0 Å². The number of aromatic hydroxyl groups is 1. The zero-order valence-corrected chi connectivity index (χ0v) is 15.1. The van der Waals surface area contributed by atoms with Crippen molar-refractivity contribution >= 4 is 49.5 Å². The maximum atomic E-state index is 9.96. The third-order valence-corrected chi connectivity index (χ3v) is 5.35. The van der Waals surface area contributed by atoms with Gasteiger partial charge in [-0.25, -0.2) is 0 Å².